The van der Waals surface area contributed by atoms with Crippen LogP contribution in [0.25, 0.3) is 21.9 Å². The zero-order chi connectivity index (χ0) is 9.54. The van der Waals surface area contributed by atoms with Crippen LogP contribution in [-0.4, -0.2) is 0 Å². The minimum Gasteiger partial charge on any atom is -0.456 e. The van der Waals surface area contributed by atoms with E-state index in [1.807, 2.05) is 24.3 Å². The van der Waals surface area contributed by atoms with Gasteiger partial charge >= 0.3 is 0 Å². The highest BCUT2D eigenvalue weighted by Gasteiger charge is 2.06. The van der Waals surface area contributed by atoms with Gasteiger partial charge in [-0.15, -0.1) is 0 Å². The summed E-state index contributed by atoms with van der Waals surface area (Å²) in [6, 6.07) is 12.6. The third-order valence-corrected chi connectivity index (χ3v) is 2.35. The van der Waals surface area contributed by atoms with E-state index in [1.165, 1.54) is 6.07 Å². The van der Waals surface area contributed by atoms with Crippen molar-refractivity contribution in [3.8, 4) is 5.75 Å². The van der Waals surface area contributed by atoms with Gasteiger partial charge in [0, 0.05) is 10.8 Å². The summed E-state index contributed by atoms with van der Waals surface area (Å²) in [4.78, 5) is 0. The largest absolute Gasteiger partial charge is 0.456 e. The normalized spacial score (nSPS) is 11.1. The van der Waals surface area contributed by atoms with E-state index in [-0.39, 0.29) is 5.75 Å². The third-order valence-electron chi connectivity index (χ3n) is 2.35. The van der Waals surface area contributed by atoms with Crippen LogP contribution in [0.3, 0.4) is 0 Å². The van der Waals surface area contributed by atoms with Crippen molar-refractivity contribution in [1.29, 1.82) is 0 Å². The Bertz CT molecular complexity index is 608. The minimum atomic E-state index is 0.0176. The highest BCUT2D eigenvalue weighted by atomic mass is 16.3. The van der Waals surface area contributed by atoms with Crippen LogP contribution in [0.2, 0.25) is 0 Å². The molecule has 67 valence electrons. The predicted octanol–water partition coefficient (Wildman–Crippen LogP) is 3.73. The van der Waals surface area contributed by atoms with E-state index in [0.29, 0.717) is 0 Å². The van der Waals surface area contributed by atoms with Gasteiger partial charge in [-0.1, -0.05) is 18.2 Å². The molecule has 0 bridgehead atoms. The number of para-hydroxylation sites is 1. The van der Waals surface area contributed by atoms with Crippen molar-refractivity contribution in [1.82, 2.24) is 0 Å². The van der Waals surface area contributed by atoms with Gasteiger partial charge in [-0.3, -0.25) is 5.11 Å². The van der Waals surface area contributed by atoms with Crippen LogP contribution >= 0.6 is 0 Å². The number of benzene rings is 2. The van der Waals surface area contributed by atoms with E-state index in [9.17, 15) is 5.11 Å². The lowest BCUT2D eigenvalue weighted by Gasteiger charge is -1.87. The van der Waals surface area contributed by atoms with Gasteiger partial charge in [-0.2, -0.15) is 0 Å². The smallest absolute Gasteiger partial charge is 0.179 e. The van der Waals surface area contributed by atoms with Crippen molar-refractivity contribution >= 4 is 21.9 Å². The average Bonchev–Trinajstić information content (AvgIpc) is 2.56. The molecule has 0 unspecified atom stereocenters. The quantitative estimate of drug-likeness (QED) is 0.522. The highest BCUT2D eigenvalue weighted by molar-refractivity contribution is 6.05. The SMILES string of the molecule is [O]c1ccc2oc3ccccc3c2c1. The Morgan fingerprint density at radius 2 is 1.64 bits per heavy atom. The van der Waals surface area contributed by atoms with E-state index in [1.54, 1.807) is 12.1 Å². The maximum absolute atomic E-state index is 11.2. The van der Waals surface area contributed by atoms with Crippen molar-refractivity contribution in [2.75, 3.05) is 0 Å². The molecule has 0 aliphatic heterocycles. The summed E-state index contributed by atoms with van der Waals surface area (Å²) >= 11 is 0. The van der Waals surface area contributed by atoms with Gasteiger partial charge < -0.3 is 4.42 Å². The molecule has 1 heterocycles. The average molecular weight is 183 g/mol. The van der Waals surface area contributed by atoms with Crippen LogP contribution in [-0.2, 0) is 5.11 Å². The Balaban J connectivity index is 2.58. The molecule has 0 N–H and O–H groups in total. The van der Waals surface area contributed by atoms with Gasteiger partial charge in [0.25, 0.3) is 0 Å². The molecule has 2 aromatic carbocycles. The van der Waals surface area contributed by atoms with E-state index >= 15 is 0 Å². The number of rotatable bonds is 0. The second kappa shape index (κ2) is 2.51. The summed E-state index contributed by atoms with van der Waals surface area (Å²) in [5.74, 6) is 0.0176. The molecule has 2 heteroatoms. The Labute approximate surface area is 80.4 Å². The lowest BCUT2D eigenvalue weighted by Crippen LogP contribution is -1.65. The van der Waals surface area contributed by atoms with E-state index in [2.05, 4.69) is 0 Å². The molecular weight excluding hydrogens is 176 g/mol. The summed E-state index contributed by atoms with van der Waals surface area (Å²) in [6.07, 6.45) is 0. The zero-order valence-electron chi connectivity index (χ0n) is 7.36. The third kappa shape index (κ3) is 0.909. The van der Waals surface area contributed by atoms with Gasteiger partial charge in [0.05, 0.1) is 0 Å². The van der Waals surface area contributed by atoms with Gasteiger partial charge in [0.1, 0.15) is 11.2 Å². The maximum atomic E-state index is 11.2. The fraction of sp³-hybridized carbons (Fsp3) is 0. The molecular formula is C12H7O2. The monoisotopic (exact) mass is 183 g/mol. The first-order valence-electron chi connectivity index (χ1n) is 4.43. The fourth-order valence-corrected chi connectivity index (χ4v) is 1.71. The first-order chi connectivity index (χ1) is 6.84. The van der Waals surface area contributed by atoms with E-state index < -0.39 is 0 Å². The summed E-state index contributed by atoms with van der Waals surface area (Å²) < 4.78 is 5.57. The van der Waals surface area contributed by atoms with Crippen LogP contribution in [0.1, 0.15) is 0 Å². The molecule has 14 heavy (non-hydrogen) atoms. The number of fused-ring (bicyclic) bond motifs is 3. The van der Waals surface area contributed by atoms with Crippen molar-refractivity contribution in [2.45, 2.75) is 0 Å². The molecule has 1 radical (unpaired) electrons. The number of hydrogen-bond donors (Lipinski definition) is 0. The van der Waals surface area contributed by atoms with E-state index in [0.717, 1.165) is 21.9 Å². The van der Waals surface area contributed by atoms with Gasteiger partial charge in [0.2, 0.25) is 0 Å². The van der Waals surface area contributed by atoms with Gasteiger partial charge in [-0.25, -0.2) is 0 Å². The summed E-state index contributed by atoms with van der Waals surface area (Å²) in [5, 5.41) is 13.1. The molecule has 0 amide bonds. The Hall–Kier alpha value is -1.96. The Morgan fingerprint density at radius 1 is 0.857 bits per heavy atom. The topological polar surface area (TPSA) is 33.0 Å². The molecule has 3 rings (SSSR count). The van der Waals surface area contributed by atoms with Crippen molar-refractivity contribution < 1.29 is 9.52 Å². The molecule has 0 spiro atoms. The molecule has 0 fully saturated rings. The fourth-order valence-electron chi connectivity index (χ4n) is 1.71. The van der Waals surface area contributed by atoms with Crippen LogP contribution in [0, 0.1) is 0 Å². The zero-order valence-corrected chi connectivity index (χ0v) is 7.36. The van der Waals surface area contributed by atoms with Crippen LogP contribution in [0.4, 0.5) is 0 Å². The predicted molar refractivity (Wildman–Crippen MR) is 53.9 cm³/mol. The first-order valence-corrected chi connectivity index (χ1v) is 4.43. The molecule has 0 saturated carbocycles. The molecule has 2 nitrogen and oxygen atoms in total. The van der Waals surface area contributed by atoms with E-state index in [4.69, 9.17) is 4.42 Å². The maximum Gasteiger partial charge on any atom is 0.179 e. The summed E-state index contributed by atoms with van der Waals surface area (Å²) in [5.41, 5.74) is 1.60. The van der Waals surface area contributed by atoms with Gasteiger partial charge in [0.15, 0.2) is 5.75 Å². The van der Waals surface area contributed by atoms with Crippen LogP contribution < -0.4 is 0 Å². The van der Waals surface area contributed by atoms with Crippen LogP contribution in [0.15, 0.2) is 46.9 Å². The molecule has 3 aromatic rings. The lowest BCUT2D eigenvalue weighted by atomic mass is 10.1. The molecule has 0 aliphatic rings. The molecule has 1 aromatic heterocycles. The summed E-state index contributed by atoms with van der Waals surface area (Å²) in [6.45, 7) is 0. The Morgan fingerprint density at radius 3 is 2.57 bits per heavy atom. The summed E-state index contributed by atoms with van der Waals surface area (Å²) in [7, 11) is 0. The van der Waals surface area contributed by atoms with Crippen molar-refractivity contribution in [2.24, 2.45) is 0 Å². The number of hydrogen-bond acceptors (Lipinski definition) is 1. The lowest BCUT2D eigenvalue weighted by molar-refractivity contribution is 0.355. The van der Waals surface area contributed by atoms with Crippen molar-refractivity contribution in [3.63, 3.8) is 0 Å². The van der Waals surface area contributed by atoms with Crippen molar-refractivity contribution in [3.05, 3.63) is 42.5 Å². The first kappa shape index (κ1) is 7.44. The standard InChI is InChI=1S/C12H7O2/c13-8-5-6-12-10(7-8)9-3-1-2-4-11(9)14-12/h1-7H. The number of furan rings is 1. The highest BCUT2D eigenvalue weighted by Crippen LogP contribution is 2.30. The molecule has 0 atom stereocenters. The second-order valence-corrected chi connectivity index (χ2v) is 3.26. The minimum absolute atomic E-state index is 0.0176. The molecule has 0 aliphatic carbocycles. The molecule has 0 saturated heterocycles. The second-order valence-electron chi connectivity index (χ2n) is 3.26. The van der Waals surface area contributed by atoms with Gasteiger partial charge in [-0.05, 0) is 24.3 Å². The van der Waals surface area contributed by atoms with Crippen LogP contribution in [0.5, 0.6) is 5.75 Å². The Kier molecular flexibility index (Phi) is 1.34.